The summed E-state index contributed by atoms with van der Waals surface area (Å²) in [6, 6.07) is 0. The van der Waals surface area contributed by atoms with Gasteiger partial charge in [0.15, 0.2) is 0 Å². The Morgan fingerprint density at radius 1 is 1.45 bits per heavy atom. The van der Waals surface area contributed by atoms with Crippen LogP contribution in [0.5, 0.6) is 0 Å². The zero-order valence-corrected chi connectivity index (χ0v) is 13.1. The molecule has 0 bridgehead atoms. The molecule has 0 aliphatic carbocycles. The quantitative estimate of drug-likeness (QED) is 0.680. The largest absolute Gasteiger partial charge is 0.387 e. The minimum Gasteiger partial charge on any atom is -0.387 e. The van der Waals surface area contributed by atoms with Crippen molar-refractivity contribution in [3.05, 3.63) is 32.6 Å². The Bertz CT molecular complexity index is 678. The van der Waals surface area contributed by atoms with E-state index in [-0.39, 0.29) is 24.4 Å². The molecule has 1 aliphatic rings. The zero-order valence-electron chi connectivity index (χ0n) is 13.1. The Kier molecular flexibility index (Phi) is 4.52. The third-order valence-electron chi connectivity index (χ3n) is 3.89. The number of rotatable bonds is 4. The molecule has 8 heteroatoms. The van der Waals surface area contributed by atoms with Crippen LogP contribution in [0.15, 0.2) is 15.8 Å². The number of nitrogens with zero attached hydrogens (tertiary/aromatic N) is 3. The van der Waals surface area contributed by atoms with E-state index >= 15 is 0 Å². The Balaban J connectivity index is 2.07. The molecule has 8 nitrogen and oxygen atoms in total. The molecule has 1 unspecified atom stereocenters. The molecule has 0 spiro atoms. The molecule has 1 saturated heterocycles. The number of aromatic nitrogens is 2. The van der Waals surface area contributed by atoms with Crippen molar-refractivity contribution in [1.82, 2.24) is 19.4 Å². The van der Waals surface area contributed by atoms with Gasteiger partial charge in [-0.1, -0.05) is 0 Å². The molecule has 1 amide bonds. The molecule has 22 heavy (non-hydrogen) atoms. The maximum atomic E-state index is 12.3. The predicted octanol–water partition coefficient (Wildman–Crippen LogP) is -1.86. The molecule has 0 saturated carbocycles. The zero-order chi connectivity index (χ0) is 16.5. The highest BCUT2D eigenvalue weighted by molar-refractivity contribution is 5.79. The number of aromatic amines is 1. The smallest absolute Gasteiger partial charge is 0.328 e. The number of likely N-dealkylation sites (tertiary alicyclic amines) is 1. The molecular formula is C14H22N4O4. The highest BCUT2D eigenvalue weighted by Crippen LogP contribution is 2.22. The van der Waals surface area contributed by atoms with Crippen molar-refractivity contribution in [3.63, 3.8) is 0 Å². The van der Waals surface area contributed by atoms with Crippen molar-refractivity contribution >= 4 is 5.91 Å². The van der Waals surface area contributed by atoms with Crippen LogP contribution in [0.1, 0.15) is 12.0 Å². The number of carbonyl (C=O) groups is 1. The molecule has 1 atom stereocenters. The summed E-state index contributed by atoms with van der Waals surface area (Å²) in [6.45, 7) is 1.21. The minimum absolute atomic E-state index is 0.0818. The van der Waals surface area contributed by atoms with Crippen LogP contribution >= 0.6 is 0 Å². The van der Waals surface area contributed by atoms with Crippen molar-refractivity contribution in [3.8, 4) is 0 Å². The van der Waals surface area contributed by atoms with Gasteiger partial charge in [0, 0.05) is 31.9 Å². The van der Waals surface area contributed by atoms with Crippen molar-refractivity contribution in [2.45, 2.75) is 18.4 Å². The number of nitrogens with one attached hydrogen (secondary N) is 1. The third-order valence-corrected chi connectivity index (χ3v) is 3.89. The van der Waals surface area contributed by atoms with Crippen LogP contribution in [0.2, 0.25) is 0 Å². The summed E-state index contributed by atoms with van der Waals surface area (Å²) in [6.07, 6.45) is 1.71. The number of hydrogen-bond acceptors (Lipinski definition) is 5. The molecule has 1 fully saturated rings. The second-order valence-corrected chi connectivity index (χ2v) is 6.19. The van der Waals surface area contributed by atoms with Gasteiger partial charge in [0.1, 0.15) is 0 Å². The van der Waals surface area contributed by atoms with E-state index in [1.165, 1.54) is 13.2 Å². The lowest BCUT2D eigenvalue weighted by atomic mass is 10.0. The molecule has 122 valence electrons. The summed E-state index contributed by atoms with van der Waals surface area (Å²) in [5.74, 6) is -0.223. The van der Waals surface area contributed by atoms with Crippen molar-refractivity contribution in [1.29, 1.82) is 0 Å². The fraction of sp³-hybridized carbons (Fsp3) is 0.643. The molecule has 2 rings (SSSR count). The van der Waals surface area contributed by atoms with E-state index in [0.717, 1.165) is 4.57 Å². The fourth-order valence-electron chi connectivity index (χ4n) is 2.80. The molecule has 1 aliphatic heterocycles. The van der Waals surface area contributed by atoms with Gasteiger partial charge in [-0.15, -0.1) is 0 Å². The van der Waals surface area contributed by atoms with Gasteiger partial charge < -0.3 is 19.9 Å². The maximum Gasteiger partial charge on any atom is 0.328 e. The van der Waals surface area contributed by atoms with Gasteiger partial charge in [0.05, 0.1) is 18.6 Å². The summed E-state index contributed by atoms with van der Waals surface area (Å²) in [4.78, 5) is 41.4. The van der Waals surface area contributed by atoms with E-state index < -0.39 is 16.9 Å². The van der Waals surface area contributed by atoms with Crippen LogP contribution in [0.3, 0.4) is 0 Å². The van der Waals surface area contributed by atoms with E-state index in [9.17, 15) is 19.5 Å². The molecule has 0 aromatic carbocycles. The maximum absolute atomic E-state index is 12.3. The summed E-state index contributed by atoms with van der Waals surface area (Å²) >= 11 is 0. The summed E-state index contributed by atoms with van der Waals surface area (Å²) in [5, 5.41) is 10.4. The molecule has 1 aromatic heterocycles. The van der Waals surface area contributed by atoms with Crippen molar-refractivity contribution in [2.75, 3.05) is 33.7 Å². The number of likely N-dealkylation sites (N-methyl/N-ethyl adjacent to an activating group) is 1. The Labute approximate surface area is 128 Å². The summed E-state index contributed by atoms with van der Waals surface area (Å²) in [7, 11) is 5.10. The first-order valence-electron chi connectivity index (χ1n) is 7.14. The first-order valence-corrected chi connectivity index (χ1v) is 7.14. The standard InChI is InChI=1S/C14H22N4O4/c1-16(2)8-14(22)4-5-18(9-14)11(19)6-10-7-15-13(21)17(3)12(10)20/h7,22H,4-6,8-9H2,1-3H3,(H,15,21). The molecule has 1 aromatic rings. The van der Waals surface area contributed by atoms with Crippen LogP contribution in [0.25, 0.3) is 0 Å². The number of aliphatic hydroxyl groups is 1. The number of H-pyrrole nitrogens is 1. The van der Waals surface area contributed by atoms with Gasteiger partial charge in [0.2, 0.25) is 5.91 Å². The highest BCUT2D eigenvalue weighted by Gasteiger charge is 2.38. The van der Waals surface area contributed by atoms with E-state index in [0.29, 0.717) is 19.5 Å². The van der Waals surface area contributed by atoms with Crippen molar-refractivity contribution < 1.29 is 9.90 Å². The third kappa shape index (κ3) is 3.45. The highest BCUT2D eigenvalue weighted by atomic mass is 16.3. The SMILES string of the molecule is CN(C)CC1(O)CCN(C(=O)Cc2c[nH]c(=O)n(C)c2=O)C1. The van der Waals surface area contributed by atoms with Gasteiger partial charge in [0.25, 0.3) is 5.56 Å². The first kappa shape index (κ1) is 16.4. The van der Waals surface area contributed by atoms with Gasteiger partial charge >= 0.3 is 5.69 Å². The molecule has 2 heterocycles. The van der Waals surface area contributed by atoms with Crippen LogP contribution in [0.4, 0.5) is 0 Å². The van der Waals surface area contributed by atoms with Gasteiger partial charge in [-0.05, 0) is 20.5 Å². The Morgan fingerprint density at radius 3 is 2.77 bits per heavy atom. The minimum atomic E-state index is -0.908. The van der Waals surface area contributed by atoms with Crippen LogP contribution < -0.4 is 11.2 Å². The Morgan fingerprint density at radius 2 is 2.14 bits per heavy atom. The van der Waals surface area contributed by atoms with E-state index in [4.69, 9.17) is 0 Å². The van der Waals surface area contributed by atoms with E-state index in [2.05, 4.69) is 4.98 Å². The number of carbonyl (C=O) groups excluding carboxylic acids is 1. The normalized spacial score (nSPS) is 21.6. The Hall–Kier alpha value is -1.93. The van der Waals surface area contributed by atoms with Gasteiger partial charge in [-0.3, -0.25) is 14.2 Å². The molecule has 0 radical (unpaired) electrons. The second kappa shape index (κ2) is 6.05. The van der Waals surface area contributed by atoms with E-state index in [1.807, 2.05) is 19.0 Å². The predicted molar refractivity (Wildman–Crippen MR) is 80.7 cm³/mol. The summed E-state index contributed by atoms with van der Waals surface area (Å²) in [5.41, 5.74) is -1.65. The fourth-order valence-corrected chi connectivity index (χ4v) is 2.80. The van der Waals surface area contributed by atoms with Gasteiger partial charge in [-0.2, -0.15) is 0 Å². The number of β-amino-alcohol motifs (C(OH)–C–C–N with tert-alkyl or cyclic N) is 1. The lowest BCUT2D eigenvalue weighted by Gasteiger charge is -2.26. The lowest BCUT2D eigenvalue weighted by molar-refractivity contribution is -0.130. The van der Waals surface area contributed by atoms with Gasteiger partial charge in [-0.25, -0.2) is 4.79 Å². The topological polar surface area (TPSA) is 98.6 Å². The monoisotopic (exact) mass is 310 g/mol. The molecular weight excluding hydrogens is 288 g/mol. The first-order chi connectivity index (χ1) is 10.2. The molecule has 2 N–H and O–H groups in total. The number of amides is 1. The second-order valence-electron chi connectivity index (χ2n) is 6.19. The van der Waals surface area contributed by atoms with Crippen molar-refractivity contribution in [2.24, 2.45) is 7.05 Å². The van der Waals surface area contributed by atoms with E-state index in [1.54, 1.807) is 4.90 Å². The average molecular weight is 310 g/mol. The lowest BCUT2D eigenvalue weighted by Crippen LogP contribution is -2.44. The van der Waals surface area contributed by atoms with Crippen LogP contribution in [-0.4, -0.2) is 69.7 Å². The van der Waals surface area contributed by atoms with Crippen LogP contribution in [-0.2, 0) is 18.3 Å². The van der Waals surface area contributed by atoms with Crippen LogP contribution in [0, 0.1) is 0 Å². The number of hydrogen-bond donors (Lipinski definition) is 2. The average Bonchev–Trinajstić information content (AvgIpc) is 2.80. The summed E-state index contributed by atoms with van der Waals surface area (Å²) < 4.78 is 0.939.